The maximum absolute atomic E-state index is 9.67. The molecule has 0 radical (unpaired) electrons. The highest BCUT2D eigenvalue weighted by Gasteiger charge is 1.86. The fourth-order valence-corrected chi connectivity index (χ4v) is 0. The van der Waals surface area contributed by atoms with Crippen LogP contribution >= 0.6 is 11.6 Å². The molecule has 0 aromatic heterocycles. The van der Waals surface area contributed by atoms with Gasteiger partial charge in [0.05, 0.1) is 0 Å². The minimum Gasteiger partial charge on any atom is -0.469 e. The van der Waals surface area contributed by atoms with Crippen LogP contribution < -0.4 is 0 Å². The molecule has 1 N–H and O–H groups in total. The lowest BCUT2D eigenvalue weighted by Gasteiger charge is -1.65. The summed E-state index contributed by atoms with van der Waals surface area (Å²) in [6.07, 6.45) is 0. The van der Waals surface area contributed by atoms with Crippen LogP contribution in [-0.2, 0) is 0 Å². The van der Waals surface area contributed by atoms with E-state index in [1.807, 2.05) is 0 Å². The Balaban J connectivity index is 0. The highest BCUT2D eigenvalue weighted by Crippen LogP contribution is 1.87. The van der Waals surface area contributed by atoms with E-state index >= 15 is 0 Å². The van der Waals surface area contributed by atoms with Gasteiger partial charge in [-0.05, 0) is 0 Å². The quantitative estimate of drug-likeness (QED) is 0.537. The number of alkyl halides is 3. The number of hydrogen-bond acceptors (Lipinski definition) is 1. The van der Waals surface area contributed by atoms with Gasteiger partial charge in [-0.3, -0.25) is 0 Å². The fourth-order valence-electron chi connectivity index (χ4n) is 0. The molecule has 0 spiro atoms. The van der Waals surface area contributed by atoms with Gasteiger partial charge >= 0.3 is 12.1 Å². The fraction of sp³-hybridized carbons (Fsp3) is 0.500. The second kappa shape index (κ2) is 6.55. The Morgan fingerprint density at radius 1 is 1.50 bits per heavy atom. The van der Waals surface area contributed by atoms with Crippen LogP contribution in [0.4, 0.5) is 18.0 Å². The van der Waals surface area contributed by atoms with Gasteiger partial charge in [-0.15, -0.1) is 0 Å². The van der Waals surface area contributed by atoms with Gasteiger partial charge in [-0.1, -0.05) is 0 Å². The molecule has 0 atom stereocenters. The first kappa shape index (κ1) is 10.5. The summed E-state index contributed by atoms with van der Waals surface area (Å²) in [4.78, 5) is 8.77. The smallest absolute Gasteiger partial charge is 0.401 e. The van der Waals surface area contributed by atoms with E-state index in [1.165, 1.54) is 0 Å². The van der Waals surface area contributed by atoms with Crippen molar-refractivity contribution in [1.29, 1.82) is 0 Å². The van der Waals surface area contributed by atoms with Crippen LogP contribution in [0.15, 0.2) is 0 Å². The zero-order valence-electron chi connectivity index (χ0n) is 3.44. The van der Waals surface area contributed by atoms with E-state index in [4.69, 9.17) is 9.90 Å². The third kappa shape index (κ3) is 567. The molecule has 0 fully saturated rings. The zero-order chi connectivity index (χ0) is 7.15. The highest BCUT2D eigenvalue weighted by atomic mass is 35.5. The van der Waals surface area contributed by atoms with Crippen LogP contribution in [0.3, 0.4) is 0 Å². The molecule has 0 bridgehead atoms. The van der Waals surface area contributed by atoms with Crippen molar-refractivity contribution in [2.45, 2.75) is 6.68 Å². The molecule has 0 saturated carbocycles. The van der Waals surface area contributed by atoms with E-state index in [0.717, 1.165) is 0 Å². The topological polar surface area (TPSA) is 37.3 Å². The first-order valence-corrected chi connectivity index (χ1v) is 1.65. The van der Waals surface area contributed by atoms with Crippen molar-refractivity contribution in [1.82, 2.24) is 0 Å². The van der Waals surface area contributed by atoms with Crippen molar-refractivity contribution in [2.75, 3.05) is 0 Å². The first-order chi connectivity index (χ1) is 3.46. The number of rotatable bonds is 0. The summed E-state index contributed by atoms with van der Waals surface area (Å²) in [7, 11) is 0. The number of hydrogen-bond donors (Lipinski definition) is 1. The third-order valence-corrected chi connectivity index (χ3v) is 0. The molecule has 0 rings (SSSR count). The van der Waals surface area contributed by atoms with Gasteiger partial charge in [0, 0.05) is 11.6 Å². The Morgan fingerprint density at radius 3 is 1.50 bits per heavy atom. The van der Waals surface area contributed by atoms with Gasteiger partial charge in [0.15, 0.2) is 0 Å². The number of carbonyl (C=O) groups is 1. The molecule has 50 valence electrons. The molecular formula is C2H2ClF3O2. The van der Waals surface area contributed by atoms with Crippen LogP contribution in [-0.4, -0.2) is 17.2 Å². The minimum atomic E-state index is -3.67. The van der Waals surface area contributed by atoms with Crippen LogP contribution in [0, 0.1) is 0 Å². The summed E-state index contributed by atoms with van der Waals surface area (Å²) in [6.45, 7) is -3.67. The van der Waals surface area contributed by atoms with Crippen molar-refractivity contribution >= 4 is 17.0 Å². The monoisotopic (exact) mass is 150 g/mol. The molecular weight excluding hydrogens is 148 g/mol. The van der Waals surface area contributed by atoms with Crippen LogP contribution in [0.5, 0.6) is 0 Å². The molecule has 0 saturated heterocycles. The summed E-state index contributed by atoms with van der Waals surface area (Å²) in [5.74, 6) is 0. The second-order valence-electron chi connectivity index (χ2n) is 0.500. The largest absolute Gasteiger partial charge is 0.469 e. The standard InChI is InChI=1S/CHClO2.CHF3/c2*2-1(3)4/h(H,3,4);1H. The maximum Gasteiger partial charge on any atom is 0.401 e. The van der Waals surface area contributed by atoms with Crippen LogP contribution in [0.1, 0.15) is 0 Å². The predicted octanol–water partition coefficient (Wildman–Crippen LogP) is 2.08. The molecule has 0 aromatic rings. The Kier molecular flexibility index (Phi) is 8.61. The van der Waals surface area contributed by atoms with Crippen LogP contribution in [0.25, 0.3) is 0 Å². The van der Waals surface area contributed by atoms with E-state index in [2.05, 4.69) is 11.6 Å². The lowest BCUT2D eigenvalue weighted by Crippen LogP contribution is -1.66. The van der Waals surface area contributed by atoms with Gasteiger partial charge in [-0.25, -0.2) is 4.79 Å². The molecule has 0 aliphatic heterocycles. The normalized spacial score (nSPS) is 7.62. The first-order valence-electron chi connectivity index (χ1n) is 1.27. The molecule has 6 heteroatoms. The highest BCUT2D eigenvalue weighted by molar-refractivity contribution is 6.60. The lowest BCUT2D eigenvalue weighted by molar-refractivity contribution is 0.00819. The van der Waals surface area contributed by atoms with Crippen molar-refractivity contribution < 1.29 is 23.1 Å². The summed E-state index contributed by atoms with van der Waals surface area (Å²) in [5.41, 5.74) is -1.36. The van der Waals surface area contributed by atoms with Crippen molar-refractivity contribution in [3.63, 3.8) is 0 Å². The minimum absolute atomic E-state index is 1.36. The zero-order valence-corrected chi connectivity index (χ0v) is 4.20. The number of carboxylic acid groups (broad SMARTS) is 1. The van der Waals surface area contributed by atoms with E-state index in [0.29, 0.717) is 0 Å². The van der Waals surface area contributed by atoms with Gasteiger partial charge in [-0.2, -0.15) is 13.2 Å². The molecule has 0 unspecified atom stereocenters. The molecule has 0 aliphatic carbocycles. The summed E-state index contributed by atoms with van der Waals surface area (Å²) in [6, 6.07) is 0. The summed E-state index contributed by atoms with van der Waals surface area (Å²) in [5, 5.41) is 7.18. The Bertz CT molecular complexity index is 59.5. The van der Waals surface area contributed by atoms with Crippen molar-refractivity contribution in [2.24, 2.45) is 0 Å². The van der Waals surface area contributed by atoms with Crippen molar-refractivity contribution in [3.05, 3.63) is 0 Å². The summed E-state index contributed by atoms with van der Waals surface area (Å²) >= 11 is 4.19. The van der Waals surface area contributed by atoms with E-state index in [9.17, 15) is 13.2 Å². The molecule has 0 aromatic carbocycles. The molecule has 0 amide bonds. The Morgan fingerprint density at radius 2 is 1.50 bits per heavy atom. The van der Waals surface area contributed by atoms with E-state index < -0.39 is 12.1 Å². The summed E-state index contributed by atoms with van der Waals surface area (Å²) < 4.78 is 29.0. The molecule has 2 nitrogen and oxygen atoms in total. The Hall–Kier alpha value is -0.450. The van der Waals surface area contributed by atoms with Gasteiger partial charge in [0.1, 0.15) is 0 Å². The van der Waals surface area contributed by atoms with E-state index in [-0.39, 0.29) is 0 Å². The molecule has 8 heavy (non-hydrogen) atoms. The SMILES string of the molecule is FC(F)F.O=C(O)Cl. The van der Waals surface area contributed by atoms with Gasteiger partial charge in [0.25, 0.3) is 0 Å². The lowest BCUT2D eigenvalue weighted by atomic mass is 11.6. The second-order valence-corrected chi connectivity index (χ2v) is 0.824. The van der Waals surface area contributed by atoms with E-state index in [1.54, 1.807) is 0 Å². The average molecular weight is 150 g/mol. The number of halogens is 4. The average Bonchev–Trinajstić information content (AvgIpc) is 1.25. The molecule has 0 aliphatic rings. The Labute approximate surface area is 47.9 Å². The van der Waals surface area contributed by atoms with Gasteiger partial charge < -0.3 is 5.11 Å². The predicted molar refractivity (Wildman–Crippen MR) is 21.0 cm³/mol. The van der Waals surface area contributed by atoms with Crippen molar-refractivity contribution in [3.8, 4) is 0 Å². The third-order valence-electron chi connectivity index (χ3n) is 0. The van der Waals surface area contributed by atoms with Crippen LogP contribution in [0.2, 0.25) is 0 Å². The maximum atomic E-state index is 9.67. The van der Waals surface area contributed by atoms with Gasteiger partial charge in [0.2, 0.25) is 0 Å². The molecule has 0 heterocycles.